The number of Topliss-reactive ketones (excluding diaryl/α,β-unsaturated/α-hetero) is 1. The summed E-state index contributed by atoms with van der Waals surface area (Å²) in [6.45, 7) is 1.96. The molecule has 21 heavy (non-hydrogen) atoms. The standard InChI is InChI=1S/C17H16O4/c1-12(18)15-4-3-5-16(10-15)21-17(19)14-8-6-13(7-9-14)11-20-2/h3-10H,11H2,1-2H3. The summed E-state index contributed by atoms with van der Waals surface area (Å²) in [4.78, 5) is 23.3. The molecule has 0 radical (unpaired) electrons. The lowest BCUT2D eigenvalue weighted by molar-refractivity contribution is 0.0733. The number of rotatable bonds is 5. The third kappa shape index (κ3) is 4.00. The molecule has 2 rings (SSSR count). The molecule has 0 amide bonds. The van der Waals surface area contributed by atoms with E-state index in [9.17, 15) is 9.59 Å². The Morgan fingerprint density at radius 1 is 1.00 bits per heavy atom. The van der Waals surface area contributed by atoms with Crippen LogP contribution in [0.25, 0.3) is 0 Å². The summed E-state index contributed by atoms with van der Waals surface area (Å²) < 4.78 is 10.3. The largest absolute Gasteiger partial charge is 0.423 e. The molecule has 4 heteroatoms. The van der Waals surface area contributed by atoms with Crippen molar-refractivity contribution < 1.29 is 19.1 Å². The van der Waals surface area contributed by atoms with Crippen LogP contribution in [0.15, 0.2) is 48.5 Å². The summed E-state index contributed by atoms with van der Waals surface area (Å²) in [5, 5.41) is 0. The number of esters is 1. The van der Waals surface area contributed by atoms with Gasteiger partial charge in [0, 0.05) is 12.7 Å². The van der Waals surface area contributed by atoms with E-state index in [0.29, 0.717) is 23.5 Å². The van der Waals surface area contributed by atoms with E-state index >= 15 is 0 Å². The monoisotopic (exact) mass is 284 g/mol. The third-order valence-corrected chi connectivity index (χ3v) is 2.95. The molecule has 0 aliphatic carbocycles. The molecule has 0 atom stereocenters. The molecule has 0 aliphatic rings. The van der Waals surface area contributed by atoms with Gasteiger partial charge in [-0.2, -0.15) is 0 Å². The van der Waals surface area contributed by atoms with Gasteiger partial charge in [-0.25, -0.2) is 4.79 Å². The van der Waals surface area contributed by atoms with Crippen molar-refractivity contribution in [3.8, 4) is 5.75 Å². The Balaban J connectivity index is 2.10. The molecule has 0 fully saturated rings. The average molecular weight is 284 g/mol. The van der Waals surface area contributed by atoms with E-state index in [2.05, 4.69) is 0 Å². The second-order valence-corrected chi connectivity index (χ2v) is 4.60. The van der Waals surface area contributed by atoms with E-state index in [1.54, 1.807) is 43.5 Å². The first-order valence-corrected chi connectivity index (χ1v) is 6.51. The molecule has 4 nitrogen and oxygen atoms in total. The van der Waals surface area contributed by atoms with Crippen LogP contribution in [-0.4, -0.2) is 18.9 Å². The first kappa shape index (κ1) is 14.9. The molecule has 0 unspecified atom stereocenters. The van der Waals surface area contributed by atoms with Gasteiger partial charge < -0.3 is 9.47 Å². The fraction of sp³-hybridized carbons (Fsp3) is 0.176. The Morgan fingerprint density at radius 2 is 1.71 bits per heavy atom. The predicted octanol–water partition coefficient (Wildman–Crippen LogP) is 3.25. The van der Waals surface area contributed by atoms with E-state index in [-0.39, 0.29) is 5.78 Å². The van der Waals surface area contributed by atoms with Crippen molar-refractivity contribution in [2.45, 2.75) is 13.5 Å². The Hall–Kier alpha value is -2.46. The number of methoxy groups -OCH3 is 1. The fourth-order valence-electron chi connectivity index (χ4n) is 1.85. The van der Waals surface area contributed by atoms with Crippen LogP contribution in [0.3, 0.4) is 0 Å². The second-order valence-electron chi connectivity index (χ2n) is 4.60. The summed E-state index contributed by atoms with van der Waals surface area (Å²) in [5.41, 5.74) is 1.94. The highest BCUT2D eigenvalue weighted by Crippen LogP contribution is 2.16. The summed E-state index contributed by atoms with van der Waals surface area (Å²) in [6, 6.07) is 13.6. The van der Waals surface area contributed by atoms with Crippen LogP contribution in [0, 0.1) is 0 Å². The lowest BCUT2D eigenvalue weighted by Crippen LogP contribution is -2.09. The van der Waals surface area contributed by atoms with Crippen LogP contribution in [0.5, 0.6) is 5.75 Å². The normalized spacial score (nSPS) is 10.2. The molecule has 0 bridgehead atoms. The minimum absolute atomic E-state index is 0.0724. The van der Waals surface area contributed by atoms with Gasteiger partial charge in [0.05, 0.1) is 12.2 Å². The van der Waals surface area contributed by atoms with Crippen molar-refractivity contribution in [2.75, 3.05) is 7.11 Å². The van der Waals surface area contributed by atoms with Crippen molar-refractivity contribution in [1.29, 1.82) is 0 Å². The van der Waals surface area contributed by atoms with Gasteiger partial charge in [0.25, 0.3) is 0 Å². The average Bonchev–Trinajstić information content (AvgIpc) is 2.48. The first-order valence-electron chi connectivity index (χ1n) is 6.51. The SMILES string of the molecule is COCc1ccc(C(=O)Oc2cccc(C(C)=O)c2)cc1. The van der Waals surface area contributed by atoms with Crippen LogP contribution < -0.4 is 4.74 Å². The second kappa shape index (κ2) is 6.81. The van der Waals surface area contributed by atoms with E-state index in [0.717, 1.165) is 5.56 Å². The van der Waals surface area contributed by atoms with Gasteiger partial charge in [0.15, 0.2) is 5.78 Å². The molecule has 0 heterocycles. The number of benzene rings is 2. The first-order chi connectivity index (χ1) is 10.1. The Kier molecular flexibility index (Phi) is 4.85. The minimum atomic E-state index is -0.459. The van der Waals surface area contributed by atoms with Crippen LogP contribution >= 0.6 is 0 Å². The van der Waals surface area contributed by atoms with Crippen molar-refractivity contribution in [3.63, 3.8) is 0 Å². The van der Waals surface area contributed by atoms with E-state index < -0.39 is 5.97 Å². The van der Waals surface area contributed by atoms with Crippen LogP contribution in [-0.2, 0) is 11.3 Å². The maximum atomic E-state index is 12.0. The summed E-state index contributed by atoms with van der Waals surface area (Å²) >= 11 is 0. The van der Waals surface area contributed by atoms with Crippen molar-refractivity contribution >= 4 is 11.8 Å². The van der Waals surface area contributed by atoms with E-state index in [1.165, 1.54) is 6.92 Å². The molecule has 0 N–H and O–H groups in total. The van der Waals surface area contributed by atoms with Gasteiger partial charge in [-0.1, -0.05) is 24.3 Å². The summed E-state index contributed by atoms with van der Waals surface area (Å²) in [7, 11) is 1.62. The third-order valence-electron chi connectivity index (χ3n) is 2.95. The number of carbonyl (C=O) groups is 2. The van der Waals surface area contributed by atoms with Gasteiger partial charge >= 0.3 is 5.97 Å². The molecule has 2 aromatic carbocycles. The van der Waals surface area contributed by atoms with Crippen LogP contribution in [0.4, 0.5) is 0 Å². The van der Waals surface area contributed by atoms with Crippen molar-refractivity contribution in [2.24, 2.45) is 0 Å². The van der Waals surface area contributed by atoms with Crippen LogP contribution in [0.1, 0.15) is 33.2 Å². The van der Waals surface area contributed by atoms with Gasteiger partial charge in [-0.05, 0) is 36.8 Å². The van der Waals surface area contributed by atoms with E-state index in [4.69, 9.17) is 9.47 Å². The number of carbonyl (C=O) groups excluding carboxylic acids is 2. The quantitative estimate of drug-likeness (QED) is 0.480. The predicted molar refractivity (Wildman–Crippen MR) is 78.6 cm³/mol. The van der Waals surface area contributed by atoms with Gasteiger partial charge in [0.1, 0.15) is 5.75 Å². The number of hydrogen-bond donors (Lipinski definition) is 0. The number of ether oxygens (including phenoxy) is 2. The zero-order valence-electron chi connectivity index (χ0n) is 12.0. The molecule has 0 saturated heterocycles. The molecule has 108 valence electrons. The molecule has 0 aromatic heterocycles. The highest BCUT2D eigenvalue weighted by Gasteiger charge is 2.09. The molecule has 0 saturated carbocycles. The van der Waals surface area contributed by atoms with Gasteiger partial charge in [-0.3, -0.25) is 4.79 Å². The van der Waals surface area contributed by atoms with E-state index in [1.807, 2.05) is 12.1 Å². The Bertz CT molecular complexity index is 644. The highest BCUT2D eigenvalue weighted by atomic mass is 16.5. The smallest absolute Gasteiger partial charge is 0.343 e. The lowest BCUT2D eigenvalue weighted by atomic mass is 10.1. The zero-order chi connectivity index (χ0) is 15.2. The van der Waals surface area contributed by atoms with Crippen molar-refractivity contribution in [1.82, 2.24) is 0 Å². The summed E-state index contributed by atoms with van der Waals surface area (Å²) in [5.74, 6) is -0.176. The Labute approximate surface area is 123 Å². The fourth-order valence-corrected chi connectivity index (χ4v) is 1.85. The molecular weight excluding hydrogens is 268 g/mol. The molecule has 0 spiro atoms. The molecular formula is C17H16O4. The summed E-state index contributed by atoms with van der Waals surface area (Å²) in [6.07, 6.45) is 0. The number of ketones is 1. The maximum Gasteiger partial charge on any atom is 0.343 e. The lowest BCUT2D eigenvalue weighted by Gasteiger charge is -2.06. The Morgan fingerprint density at radius 3 is 2.33 bits per heavy atom. The maximum absolute atomic E-state index is 12.0. The zero-order valence-corrected chi connectivity index (χ0v) is 12.0. The van der Waals surface area contributed by atoms with Gasteiger partial charge in [0.2, 0.25) is 0 Å². The molecule has 0 aliphatic heterocycles. The van der Waals surface area contributed by atoms with Crippen LogP contribution in [0.2, 0.25) is 0 Å². The minimum Gasteiger partial charge on any atom is -0.423 e. The highest BCUT2D eigenvalue weighted by molar-refractivity contribution is 5.95. The van der Waals surface area contributed by atoms with Crippen molar-refractivity contribution in [3.05, 3.63) is 65.2 Å². The topological polar surface area (TPSA) is 52.6 Å². The van der Waals surface area contributed by atoms with Gasteiger partial charge in [-0.15, -0.1) is 0 Å². The molecule has 2 aromatic rings. The number of hydrogen-bond acceptors (Lipinski definition) is 4.